The van der Waals surface area contributed by atoms with E-state index in [9.17, 15) is 0 Å². The Kier molecular flexibility index (Phi) is 1.66. The second kappa shape index (κ2) is 2.57. The molecule has 0 aliphatic heterocycles. The smallest absolute Gasteiger partial charge is 0.0704 e. The minimum atomic E-state index is -0.357. The lowest BCUT2D eigenvalue weighted by molar-refractivity contribution is 0.372. The molecule has 1 atom stereocenters. The maximum Gasteiger partial charge on any atom is 0.0704 e. The lowest BCUT2D eigenvalue weighted by Crippen LogP contribution is -2.46. The minimum Gasteiger partial charge on any atom is -0.328 e. The third-order valence-electron chi connectivity index (χ3n) is 2.65. The summed E-state index contributed by atoms with van der Waals surface area (Å²) in [6, 6.07) is 0. The minimum absolute atomic E-state index is 0.357. The number of aromatic nitrogens is 2. The van der Waals surface area contributed by atoms with Gasteiger partial charge in [-0.3, -0.25) is 5.10 Å². The van der Waals surface area contributed by atoms with E-state index in [4.69, 9.17) is 11.5 Å². The Bertz CT molecular complexity index is 280. The number of aryl methyl sites for hydroxylation is 1. The summed E-state index contributed by atoms with van der Waals surface area (Å²) in [5.74, 6) is 0. The number of H-pyrrole nitrogens is 1. The van der Waals surface area contributed by atoms with Crippen LogP contribution in [-0.4, -0.2) is 16.7 Å². The first-order valence-electron chi connectivity index (χ1n) is 4.28. The first-order chi connectivity index (χ1) is 5.76. The standard InChI is InChI=1S/C8H14N4/c9-5-8(10)3-1-2-6-4-11-12-7(6)8/h4H,1-3,5,9-10H2,(H,11,12). The Hall–Kier alpha value is -0.870. The van der Waals surface area contributed by atoms with Crippen LogP contribution in [0.5, 0.6) is 0 Å². The van der Waals surface area contributed by atoms with Gasteiger partial charge >= 0.3 is 0 Å². The quantitative estimate of drug-likeness (QED) is 0.543. The van der Waals surface area contributed by atoms with Gasteiger partial charge in [-0.2, -0.15) is 5.10 Å². The molecule has 0 amide bonds. The Balaban J connectivity index is 2.44. The molecule has 0 fully saturated rings. The van der Waals surface area contributed by atoms with Crippen LogP contribution in [0.25, 0.3) is 0 Å². The molecule has 12 heavy (non-hydrogen) atoms. The normalized spacial score (nSPS) is 28.5. The maximum atomic E-state index is 6.12. The van der Waals surface area contributed by atoms with Gasteiger partial charge in [0.25, 0.3) is 0 Å². The second-order valence-corrected chi connectivity index (χ2v) is 3.48. The molecule has 66 valence electrons. The van der Waals surface area contributed by atoms with E-state index in [0.29, 0.717) is 6.54 Å². The summed E-state index contributed by atoms with van der Waals surface area (Å²) in [5.41, 5.74) is 13.7. The highest BCUT2D eigenvalue weighted by atomic mass is 15.1. The molecule has 0 aromatic carbocycles. The van der Waals surface area contributed by atoms with Gasteiger partial charge in [0, 0.05) is 6.54 Å². The van der Waals surface area contributed by atoms with Crippen molar-refractivity contribution in [1.29, 1.82) is 0 Å². The third-order valence-corrected chi connectivity index (χ3v) is 2.65. The van der Waals surface area contributed by atoms with Gasteiger partial charge in [0.1, 0.15) is 0 Å². The fraction of sp³-hybridized carbons (Fsp3) is 0.625. The fourth-order valence-corrected chi connectivity index (χ4v) is 1.86. The number of fused-ring (bicyclic) bond motifs is 1. The van der Waals surface area contributed by atoms with E-state index in [1.165, 1.54) is 5.56 Å². The summed E-state index contributed by atoms with van der Waals surface area (Å²) in [7, 11) is 0. The highest BCUT2D eigenvalue weighted by Crippen LogP contribution is 2.30. The van der Waals surface area contributed by atoms with E-state index in [1.54, 1.807) is 0 Å². The molecule has 1 heterocycles. The van der Waals surface area contributed by atoms with Gasteiger partial charge in [-0.05, 0) is 24.8 Å². The first-order valence-corrected chi connectivity index (χ1v) is 4.28. The van der Waals surface area contributed by atoms with Gasteiger partial charge in [-0.15, -0.1) is 0 Å². The first kappa shape index (κ1) is 7.76. The predicted molar refractivity (Wildman–Crippen MR) is 46.4 cm³/mol. The molecule has 0 saturated heterocycles. The van der Waals surface area contributed by atoms with Crippen molar-refractivity contribution in [3.8, 4) is 0 Å². The number of hydrogen-bond acceptors (Lipinski definition) is 3. The van der Waals surface area contributed by atoms with Crippen molar-refractivity contribution in [2.24, 2.45) is 11.5 Å². The summed E-state index contributed by atoms with van der Waals surface area (Å²) in [4.78, 5) is 0. The number of rotatable bonds is 1. The highest BCUT2D eigenvalue weighted by Gasteiger charge is 2.32. The van der Waals surface area contributed by atoms with Gasteiger partial charge < -0.3 is 11.5 Å². The van der Waals surface area contributed by atoms with Gasteiger partial charge in [-0.1, -0.05) is 0 Å². The van der Waals surface area contributed by atoms with E-state index in [-0.39, 0.29) is 5.54 Å². The molecule has 1 aromatic rings. The fourth-order valence-electron chi connectivity index (χ4n) is 1.86. The molecule has 0 radical (unpaired) electrons. The molecule has 1 unspecified atom stereocenters. The van der Waals surface area contributed by atoms with Crippen LogP contribution in [0, 0.1) is 0 Å². The molecule has 2 rings (SSSR count). The van der Waals surface area contributed by atoms with E-state index in [1.807, 2.05) is 6.20 Å². The molecule has 0 spiro atoms. The molecule has 1 aliphatic rings. The van der Waals surface area contributed by atoms with E-state index >= 15 is 0 Å². The van der Waals surface area contributed by atoms with Gasteiger partial charge in [0.2, 0.25) is 0 Å². The Morgan fingerprint density at radius 2 is 2.50 bits per heavy atom. The summed E-state index contributed by atoms with van der Waals surface area (Å²) >= 11 is 0. The van der Waals surface area contributed by atoms with Crippen molar-refractivity contribution in [3.63, 3.8) is 0 Å². The highest BCUT2D eigenvalue weighted by molar-refractivity contribution is 5.27. The zero-order chi connectivity index (χ0) is 8.60. The summed E-state index contributed by atoms with van der Waals surface area (Å²) in [6.07, 6.45) is 5.00. The zero-order valence-corrected chi connectivity index (χ0v) is 7.01. The number of hydrogen-bond donors (Lipinski definition) is 3. The summed E-state index contributed by atoms with van der Waals surface area (Å²) in [5, 5.41) is 6.93. The number of nitrogens with two attached hydrogens (primary N) is 2. The topological polar surface area (TPSA) is 80.7 Å². The van der Waals surface area contributed by atoms with Crippen LogP contribution >= 0.6 is 0 Å². The molecule has 0 saturated carbocycles. The van der Waals surface area contributed by atoms with Crippen molar-refractivity contribution < 1.29 is 0 Å². The van der Waals surface area contributed by atoms with Crippen molar-refractivity contribution >= 4 is 0 Å². The van der Waals surface area contributed by atoms with Gasteiger partial charge in [0.15, 0.2) is 0 Å². The SMILES string of the molecule is NCC1(N)CCCc2cn[nH]c21. The second-order valence-electron chi connectivity index (χ2n) is 3.48. The van der Waals surface area contributed by atoms with E-state index in [2.05, 4.69) is 10.2 Å². The van der Waals surface area contributed by atoms with Gasteiger partial charge in [0.05, 0.1) is 17.4 Å². The Morgan fingerprint density at radius 3 is 3.25 bits per heavy atom. The monoisotopic (exact) mass is 166 g/mol. The molecular formula is C8H14N4. The van der Waals surface area contributed by atoms with Gasteiger partial charge in [-0.25, -0.2) is 0 Å². The lowest BCUT2D eigenvalue weighted by Gasteiger charge is -2.31. The zero-order valence-electron chi connectivity index (χ0n) is 7.01. The largest absolute Gasteiger partial charge is 0.328 e. The van der Waals surface area contributed by atoms with Crippen molar-refractivity contribution in [3.05, 3.63) is 17.5 Å². The molecular weight excluding hydrogens is 152 g/mol. The van der Waals surface area contributed by atoms with Crippen molar-refractivity contribution in [1.82, 2.24) is 10.2 Å². The van der Waals surface area contributed by atoms with Crippen LogP contribution in [0.3, 0.4) is 0 Å². The molecule has 0 bridgehead atoms. The van der Waals surface area contributed by atoms with Crippen LogP contribution in [0.15, 0.2) is 6.20 Å². The van der Waals surface area contributed by atoms with Crippen molar-refractivity contribution in [2.45, 2.75) is 24.8 Å². The molecule has 1 aromatic heterocycles. The van der Waals surface area contributed by atoms with Crippen LogP contribution in [0.2, 0.25) is 0 Å². The van der Waals surface area contributed by atoms with Crippen LogP contribution in [0.1, 0.15) is 24.1 Å². The maximum absolute atomic E-state index is 6.12. The average Bonchev–Trinajstić information content (AvgIpc) is 2.54. The van der Waals surface area contributed by atoms with Crippen LogP contribution < -0.4 is 11.5 Å². The molecule has 1 aliphatic carbocycles. The number of nitrogens with zero attached hydrogens (tertiary/aromatic N) is 1. The number of nitrogens with one attached hydrogen (secondary N) is 1. The third kappa shape index (κ3) is 0.956. The molecule has 5 N–H and O–H groups in total. The number of aromatic amines is 1. The summed E-state index contributed by atoms with van der Waals surface area (Å²) < 4.78 is 0. The molecule has 4 heteroatoms. The lowest BCUT2D eigenvalue weighted by atomic mass is 9.82. The Labute approximate surface area is 71.3 Å². The summed E-state index contributed by atoms with van der Waals surface area (Å²) in [6.45, 7) is 0.488. The predicted octanol–water partition coefficient (Wildman–Crippen LogP) is -0.141. The van der Waals surface area contributed by atoms with E-state index in [0.717, 1.165) is 25.0 Å². The van der Waals surface area contributed by atoms with E-state index < -0.39 is 0 Å². The van der Waals surface area contributed by atoms with Crippen LogP contribution in [-0.2, 0) is 12.0 Å². The Morgan fingerprint density at radius 1 is 1.67 bits per heavy atom. The van der Waals surface area contributed by atoms with Crippen LogP contribution in [0.4, 0.5) is 0 Å². The van der Waals surface area contributed by atoms with Crippen molar-refractivity contribution in [2.75, 3.05) is 6.54 Å². The average molecular weight is 166 g/mol. The molecule has 4 nitrogen and oxygen atoms in total.